The van der Waals surface area contributed by atoms with Gasteiger partial charge in [-0.25, -0.2) is 0 Å². The standard InChI is InChI=1S/C16H14BrN3O5/c1-24-14-7-10(6-13(17)16(14)25-9-15(18)21)8-19-11-2-4-12(5-3-11)20(22)23/h2-8H,9H2,1H3,(H2,18,21). The Kier molecular flexibility index (Phi) is 6.07. The maximum Gasteiger partial charge on any atom is 0.269 e. The summed E-state index contributed by atoms with van der Waals surface area (Å²) in [6.07, 6.45) is 1.58. The molecule has 0 fully saturated rings. The van der Waals surface area contributed by atoms with Crippen LogP contribution in [0.4, 0.5) is 11.4 Å². The van der Waals surface area contributed by atoms with Crippen LogP contribution < -0.4 is 15.2 Å². The second-order valence-corrected chi connectivity index (χ2v) is 5.68. The van der Waals surface area contributed by atoms with Gasteiger partial charge in [0.25, 0.3) is 11.6 Å². The number of rotatable bonds is 7. The van der Waals surface area contributed by atoms with Gasteiger partial charge in [-0.1, -0.05) is 0 Å². The second kappa shape index (κ2) is 8.25. The van der Waals surface area contributed by atoms with Gasteiger partial charge in [-0.05, 0) is 45.8 Å². The number of halogens is 1. The molecule has 9 heteroatoms. The van der Waals surface area contributed by atoms with E-state index in [9.17, 15) is 14.9 Å². The average Bonchev–Trinajstić information content (AvgIpc) is 2.58. The molecular formula is C16H14BrN3O5. The van der Waals surface area contributed by atoms with Gasteiger partial charge in [-0.3, -0.25) is 19.9 Å². The normalized spacial score (nSPS) is 10.6. The molecule has 0 heterocycles. The monoisotopic (exact) mass is 407 g/mol. The molecule has 0 saturated carbocycles. The van der Waals surface area contributed by atoms with Gasteiger partial charge in [-0.2, -0.15) is 0 Å². The number of aliphatic imine (C=N–C) groups is 1. The van der Waals surface area contributed by atoms with E-state index < -0.39 is 10.8 Å². The predicted octanol–water partition coefficient (Wildman–Crippen LogP) is 2.98. The van der Waals surface area contributed by atoms with Gasteiger partial charge in [0.05, 0.1) is 22.2 Å². The van der Waals surface area contributed by atoms with Crippen molar-refractivity contribution >= 4 is 39.4 Å². The Morgan fingerprint density at radius 1 is 1.36 bits per heavy atom. The van der Waals surface area contributed by atoms with Crippen molar-refractivity contribution in [2.24, 2.45) is 10.7 Å². The van der Waals surface area contributed by atoms with Crippen molar-refractivity contribution in [2.75, 3.05) is 13.7 Å². The quantitative estimate of drug-likeness (QED) is 0.430. The van der Waals surface area contributed by atoms with Gasteiger partial charge in [0, 0.05) is 18.3 Å². The first-order valence-corrected chi connectivity index (χ1v) is 7.77. The number of carbonyl (C=O) groups excluding carboxylic acids is 1. The summed E-state index contributed by atoms with van der Waals surface area (Å²) in [5.41, 5.74) is 6.34. The Balaban J connectivity index is 2.23. The first kappa shape index (κ1) is 18.4. The third-order valence-electron chi connectivity index (χ3n) is 3.03. The van der Waals surface area contributed by atoms with Crippen LogP contribution in [0.15, 0.2) is 45.9 Å². The molecule has 8 nitrogen and oxygen atoms in total. The molecule has 0 saturated heterocycles. The van der Waals surface area contributed by atoms with Crippen molar-refractivity contribution < 1.29 is 19.2 Å². The first-order chi connectivity index (χ1) is 11.9. The van der Waals surface area contributed by atoms with E-state index >= 15 is 0 Å². The van der Waals surface area contributed by atoms with Crippen molar-refractivity contribution in [3.8, 4) is 11.5 Å². The number of nitrogens with zero attached hydrogens (tertiary/aromatic N) is 2. The Bertz CT molecular complexity index is 821. The smallest absolute Gasteiger partial charge is 0.269 e. The van der Waals surface area contributed by atoms with E-state index in [1.54, 1.807) is 30.5 Å². The van der Waals surface area contributed by atoms with Crippen LogP contribution in [-0.4, -0.2) is 30.8 Å². The fraction of sp³-hybridized carbons (Fsp3) is 0.125. The molecule has 0 aliphatic carbocycles. The number of primary amides is 1. The maximum atomic E-state index is 10.9. The number of non-ortho nitro benzene ring substituents is 1. The molecular weight excluding hydrogens is 394 g/mol. The molecule has 130 valence electrons. The average molecular weight is 408 g/mol. The zero-order valence-corrected chi connectivity index (χ0v) is 14.7. The molecule has 0 bridgehead atoms. The number of hydrogen-bond acceptors (Lipinski definition) is 6. The Hall–Kier alpha value is -2.94. The number of carbonyl (C=O) groups is 1. The Labute approximate surface area is 151 Å². The van der Waals surface area contributed by atoms with Crippen LogP contribution >= 0.6 is 15.9 Å². The van der Waals surface area contributed by atoms with Crippen LogP contribution in [0.5, 0.6) is 11.5 Å². The molecule has 0 aromatic heterocycles. The van der Waals surface area contributed by atoms with Gasteiger partial charge in [0.15, 0.2) is 18.1 Å². The summed E-state index contributed by atoms with van der Waals surface area (Å²) >= 11 is 3.35. The highest BCUT2D eigenvalue weighted by Crippen LogP contribution is 2.36. The molecule has 2 aromatic rings. The fourth-order valence-electron chi connectivity index (χ4n) is 1.91. The zero-order valence-electron chi connectivity index (χ0n) is 13.1. The topological polar surface area (TPSA) is 117 Å². The van der Waals surface area contributed by atoms with Crippen molar-refractivity contribution in [1.82, 2.24) is 0 Å². The van der Waals surface area contributed by atoms with Crippen LogP contribution in [-0.2, 0) is 4.79 Å². The molecule has 2 rings (SSSR count). The summed E-state index contributed by atoms with van der Waals surface area (Å²) in [7, 11) is 1.47. The van der Waals surface area contributed by atoms with Gasteiger partial charge >= 0.3 is 0 Å². The molecule has 0 unspecified atom stereocenters. The number of methoxy groups -OCH3 is 1. The molecule has 0 atom stereocenters. The molecule has 0 spiro atoms. The lowest BCUT2D eigenvalue weighted by atomic mass is 10.2. The highest BCUT2D eigenvalue weighted by atomic mass is 79.9. The van der Waals surface area contributed by atoms with Gasteiger partial charge in [0.1, 0.15) is 0 Å². The third kappa shape index (κ3) is 5.01. The highest BCUT2D eigenvalue weighted by molar-refractivity contribution is 9.10. The molecule has 25 heavy (non-hydrogen) atoms. The number of nitrogens with two attached hydrogens (primary N) is 1. The summed E-state index contributed by atoms with van der Waals surface area (Å²) in [5, 5.41) is 10.6. The summed E-state index contributed by atoms with van der Waals surface area (Å²) in [5.74, 6) is 0.160. The largest absolute Gasteiger partial charge is 0.493 e. The molecule has 2 N–H and O–H groups in total. The van der Waals surface area contributed by atoms with E-state index in [2.05, 4.69) is 20.9 Å². The summed E-state index contributed by atoms with van der Waals surface area (Å²) < 4.78 is 11.1. The predicted molar refractivity (Wildman–Crippen MR) is 95.7 cm³/mol. The van der Waals surface area contributed by atoms with E-state index in [0.717, 1.165) is 0 Å². The molecule has 2 aromatic carbocycles. The van der Waals surface area contributed by atoms with Crippen molar-refractivity contribution in [3.63, 3.8) is 0 Å². The van der Waals surface area contributed by atoms with Crippen molar-refractivity contribution in [3.05, 3.63) is 56.5 Å². The number of nitro benzene ring substituents is 1. The zero-order chi connectivity index (χ0) is 18.4. The maximum absolute atomic E-state index is 10.9. The number of hydrogen-bond donors (Lipinski definition) is 1. The second-order valence-electron chi connectivity index (χ2n) is 4.82. The minimum atomic E-state index is -0.599. The first-order valence-electron chi connectivity index (χ1n) is 6.98. The van der Waals surface area contributed by atoms with Crippen molar-refractivity contribution in [2.45, 2.75) is 0 Å². The lowest BCUT2D eigenvalue weighted by molar-refractivity contribution is -0.384. The number of benzene rings is 2. The SMILES string of the molecule is COc1cc(C=Nc2ccc([N+](=O)[O-])cc2)cc(Br)c1OCC(N)=O. The van der Waals surface area contributed by atoms with Gasteiger partial charge < -0.3 is 15.2 Å². The van der Waals surface area contributed by atoms with Gasteiger partial charge in [0.2, 0.25) is 0 Å². The van der Waals surface area contributed by atoms with Crippen LogP contribution in [0, 0.1) is 10.1 Å². The van der Waals surface area contributed by atoms with Crippen molar-refractivity contribution in [1.29, 1.82) is 0 Å². The Morgan fingerprint density at radius 3 is 2.60 bits per heavy atom. The van der Waals surface area contributed by atoms with E-state index in [-0.39, 0.29) is 12.3 Å². The van der Waals surface area contributed by atoms with Crippen LogP contribution in [0.1, 0.15) is 5.56 Å². The molecule has 0 aliphatic heterocycles. The van der Waals surface area contributed by atoms with Gasteiger partial charge in [-0.15, -0.1) is 0 Å². The van der Waals surface area contributed by atoms with E-state index in [0.29, 0.717) is 27.2 Å². The summed E-state index contributed by atoms with van der Waals surface area (Å²) in [6.45, 7) is -0.273. The third-order valence-corrected chi connectivity index (χ3v) is 3.62. The number of ether oxygens (including phenoxy) is 2. The van der Waals surface area contributed by atoms with E-state index in [1.807, 2.05) is 0 Å². The van der Waals surface area contributed by atoms with E-state index in [4.69, 9.17) is 15.2 Å². The lowest BCUT2D eigenvalue weighted by Crippen LogP contribution is -2.20. The summed E-state index contributed by atoms with van der Waals surface area (Å²) in [6, 6.07) is 9.26. The van der Waals surface area contributed by atoms with Crippen LogP contribution in [0.3, 0.4) is 0 Å². The Morgan fingerprint density at radius 2 is 2.04 bits per heavy atom. The molecule has 0 aliphatic rings. The minimum absolute atomic E-state index is 0.000633. The van der Waals surface area contributed by atoms with Crippen LogP contribution in [0.2, 0.25) is 0 Å². The fourth-order valence-corrected chi connectivity index (χ4v) is 2.48. The lowest BCUT2D eigenvalue weighted by Gasteiger charge is -2.12. The summed E-state index contributed by atoms with van der Waals surface area (Å²) in [4.78, 5) is 25.3. The minimum Gasteiger partial charge on any atom is -0.493 e. The highest BCUT2D eigenvalue weighted by Gasteiger charge is 2.12. The number of nitro groups is 1. The molecule has 0 radical (unpaired) electrons. The van der Waals surface area contributed by atoms with E-state index in [1.165, 1.54) is 19.2 Å². The van der Waals surface area contributed by atoms with Crippen LogP contribution in [0.25, 0.3) is 0 Å². The number of amides is 1. The molecule has 1 amide bonds.